The Morgan fingerprint density at radius 3 is 2.88 bits per heavy atom. The summed E-state index contributed by atoms with van der Waals surface area (Å²) in [6.07, 6.45) is -0.0741. The summed E-state index contributed by atoms with van der Waals surface area (Å²) in [5.74, 6) is -1.03. The van der Waals surface area contributed by atoms with Crippen molar-refractivity contribution < 1.29 is 23.8 Å². The zero-order valence-electron chi connectivity index (χ0n) is 8.75. The minimum Gasteiger partial charge on any atom is -0.505 e. The van der Waals surface area contributed by atoms with E-state index in [1.165, 1.54) is 6.92 Å². The first-order valence-electron chi connectivity index (χ1n) is 4.89. The highest BCUT2D eigenvalue weighted by atomic mass is 19.1. The Labute approximate surface area is 91.6 Å². The van der Waals surface area contributed by atoms with Crippen LogP contribution >= 0.6 is 0 Å². The molecule has 0 saturated carbocycles. The van der Waals surface area contributed by atoms with E-state index in [1.54, 1.807) is 0 Å². The fourth-order valence-electron chi connectivity index (χ4n) is 1.62. The average molecular weight is 226 g/mol. The van der Waals surface area contributed by atoms with Crippen molar-refractivity contribution in [2.75, 3.05) is 13.2 Å². The van der Waals surface area contributed by atoms with Crippen molar-refractivity contribution in [1.29, 1.82) is 0 Å². The Balaban J connectivity index is 2.54. The van der Waals surface area contributed by atoms with Crippen LogP contribution in [0.5, 0.6) is 17.2 Å². The Hall–Kier alpha value is -1.78. The summed E-state index contributed by atoms with van der Waals surface area (Å²) in [6, 6.07) is 1.06. The summed E-state index contributed by atoms with van der Waals surface area (Å²) < 4.78 is 23.8. The Bertz CT molecular complexity index is 442. The second-order valence-corrected chi connectivity index (χ2v) is 3.59. The molecule has 0 bridgehead atoms. The number of ether oxygens (including phenoxy) is 2. The maximum atomic E-state index is 13.3. The van der Waals surface area contributed by atoms with Gasteiger partial charge in [0.15, 0.2) is 23.1 Å². The monoisotopic (exact) mass is 226 g/mol. The van der Waals surface area contributed by atoms with E-state index < -0.39 is 11.6 Å². The third kappa shape index (κ3) is 1.80. The van der Waals surface area contributed by atoms with Crippen LogP contribution in [0.4, 0.5) is 4.39 Å². The molecule has 0 unspecified atom stereocenters. The SMILES string of the molecule is CC(=O)Cc1c(O)c(F)cc2c1OCCO2. The lowest BCUT2D eigenvalue weighted by Gasteiger charge is -2.21. The first-order chi connectivity index (χ1) is 7.59. The number of phenolic OH excluding ortho intramolecular Hbond substituents is 1. The molecule has 1 aliphatic rings. The van der Waals surface area contributed by atoms with Gasteiger partial charge in [-0.3, -0.25) is 4.79 Å². The largest absolute Gasteiger partial charge is 0.505 e. The molecule has 0 saturated heterocycles. The molecule has 1 heterocycles. The number of halogens is 1. The molecule has 0 spiro atoms. The van der Waals surface area contributed by atoms with Gasteiger partial charge in [-0.1, -0.05) is 0 Å². The number of Topliss-reactive ketones (excluding diaryl/α,β-unsaturated/α-hetero) is 1. The number of hydrogen-bond donors (Lipinski definition) is 1. The molecule has 1 aromatic rings. The van der Waals surface area contributed by atoms with Crippen molar-refractivity contribution in [1.82, 2.24) is 0 Å². The zero-order chi connectivity index (χ0) is 11.7. The Kier molecular flexibility index (Phi) is 2.68. The molecule has 1 aliphatic heterocycles. The second-order valence-electron chi connectivity index (χ2n) is 3.59. The van der Waals surface area contributed by atoms with Gasteiger partial charge in [-0.05, 0) is 6.92 Å². The van der Waals surface area contributed by atoms with Crippen LogP contribution in [-0.2, 0) is 11.2 Å². The number of rotatable bonds is 2. The number of aromatic hydroxyl groups is 1. The van der Waals surface area contributed by atoms with Crippen LogP contribution in [-0.4, -0.2) is 24.1 Å². The first-order valence-corrected chi connectivity index (χ1v) is 4.89. The summed E-state index contributed by atoms with van der Waals surface area (Å²) in [7, 11) is 0. The van der Waals surface area contributed by atoms with Crippen LogP contribution in [0.1, 0.15) is 12.5 Å². The van der Waals surface area contributed by atoms with Gasteiger partial charge in [0.25, 0.3) is 0 Å². The van der Waals surface area contributed by atoms with Crippen molar-refractivity contribution in [3.05, 3.63) is 17.4 Å². The summed E-state index contributed by atoms with van der Waals surface area (Å²) in [4.78, 5) is 11.0. The number of phenols is 1. The van der Waals surface area contributed by atoms with Crippen LogP contribution in [0.2, 0.25) is 0 Å². The molecule has 1 N–H and O–H groups in total. The topological polar surface area (TPSA) is 55.8 Å². The lowest BCUT2D eigenvalue weighted by Crippen LogP contribution is -2.17. The fourth-order valence-corrected chi connectivity index (χ4v) is 1.62. The third-order valence-corrected chi connectivity index (χ3v) is 2.28. The lowest BCUT2D eigenvalue weighted by molar-refractivity contribution is -0.116. The molecule has 4 nitrogen and oxygen atoms in total. The second kappa shape index (κ2) is 4.00. The fraction of sp³-hybridized carbons (Fsp3) is 0.364. The molecule has 0 fully saturated rings. The van der Waals surface area contributed by atoms with Gasteiger partial charge in [-0.15, -0.1) is 0 Å². The number of carbonyl (C=O) groups excluding carboxylic acids is 1. The van der Waals surface area contributed by atoms with Gasteiger partial charge in [0.1, 0.15) is 19.0 Å². The molecule has 5 heteroatoms. The summed E-state index contributed by atoms with van der Waals surface area (Å²) in [5.41, 5.74) is 0.155. The molecule has 0 radical (unpaired) electrons. The summed E-state index contributed by atoms with van der Waals surface area (Å²) >= 11 is 0. The lowest BCUT2D eigenvalue weighted by atomic mass is 10.1. The number of benzene rings is 1. The van der Waals surface area contributed by atoms with Gasteiger partial charge in [-0.2, -0.15) is 0 Å². The zero-order valence-corrected chi connectivity index (χ0v) is 8.75. The molecule has 0 amide bonds. The van der Waals surface area contributed by atoms with Crippen molar-refractivity contribution >= 4 is 5.78 Å². The van der Waals surface area contributed by atoms with E-state index in [2.05, 4.69) is 0 Å². The predicted molar refractivity (Wildman–Crippen MR) is 53.4 cm³/mol. The highest BCUT2D eigenvalue weighted by Gasteiger charge is 2.23. The normalized spacial score (nSPS) is 13.6. The van der Waals surface area contributed by atoms with E-state index in [1.807, 2.05) is 0 Å². The number of ketones is 1. The highest BCUT2D eigenvalue weighted by molar-refractivity contribution is 5.80. The van der Waals surface area contributed by atoms with Crippen molar-refractivity contribution in [3.8, 4) is 17.2 Å². The third-order valence-electron chi connectivity index (χ3n) is 2.28. The summed E-state index contributed by atoms with van der Waals surface area (Å²) in [5, 5.41) is 9.54. The van der Waals surface area contributed by atoms with Gasteiger partial charge in [-0.25, -0.2) is 4.39 Å². The van der Waals surface area contributed by atoms with E-state index >= 15 is 0 Å². The first kappa shape index (κ1) is 10.7. The average Bonchev–Trinajstić information content (AvgIpc) is 2.24. The minimum atomic E-state index is -0.805. The van der Waals surface area contributed by atoms with Crippen molar-refractivity contribution in [2.24, 2.45) is 0 Å². The van der Waals surface area contributed by atoms with Crippen LogP contribution in [0.25, 0.3) is 0 Å². The van der Waals surface area contributed by atoms with Gasteiger partial charge >= 0.3 is 0 Å². The molecule has 16 heavy (non-hydrogen) atoms. The van der Waals surface area contributed by atoms with E-state index in [9.17, 15) is 14.3 Å². The molecular weight excluding hydrogens is 215 g/mol. The van der Waals surface area contributed by atoms with Crippen LogP contribution < -0.4 is 9.47 Å². The number of fused-ring (bicyclic) bond motifs is 1. The van der Waals surface area contributed by atoms with Crippen molar-refractivity contribution in [3.63, 3.8) is 0 Å². The van der Waals surface area contributed by atoms with E-state index in [4.69, 9.17) is 9.47 Å². The van der Waals surface area contributed by atoms with Crippen LogP contribution in [0.15, 0.2) is 6.07 Å². The maximum absolute atomic E-state index is 13.3. The molecular formula is C11H11FO4. The maximum Gasteiger partial charge on any atom is 0.169 e. The van der Waals surface area contributed by atoms with E-state index in [-0.39, 0.29) is 29.3 Å². The van der Waals surface area contributed by atoms with Gasteiger partial charge in [0.2, 0.25) is 0 Å². The summed E-state index contributed by atoms with van der Waals surface area (Å²) in [6.45, 7) is 2.01. The molecule has 0 aromatic heterocycles. The quantitative estimate of drug-likeness (QED) is 0.828. The number of hydrogen-bond acceptors (Lipinski definition) is 4. The van der Waals surface area contributed by atoms with Gasteiger partial charge < -0.3 is 14.6 Å². The highest BCUT2D eigenvalue weighted by Crippen LogP contribution is 2.41. The smallest absolute Gasteiger partial charge is 0.169 e. The Morgan fingerprint density at radius 1 is 1.50 bits per heavy atom. The molecule has 0 aliphatic carbocycles. The molecule has 2 rings (SSSR count). The van der Waals surface area contributed by atoms with Gasteiger partial charge in [0.05, 0.1) is 5.56 Å². The van der Waals surface area contributed by atoms with Gasteiger partial charge in [0, 0.05) is 12.5 Å². The van der Waals surface area contributed by atoms with E-state index in [0.29, 0.717) is 13.2 Å². The predicted octanol–water partition coefficient (Wildman–Crippen LogP) is 1.43. The van der Waals surface area contributed by atoms with Crippen LogP contribution in [0.3, 0.4) is 0 Å². The molecule has 1 aromatic carbocycles. The standard InChI is InChI=1S/C11H11FO4/c1-6(13)4-7-10(14)8(12)5-9-11(7)16-3-2-15-9/h5,14H,2-4H2,1H3. The van der Waals surface area contributed by atoms with Crippen LogP contribution in [0, 0.1) is 5.82 Å². The van der Waals surface area contributed by atoms with E-state index in [0.717, 1.165) is 6.07 Å². The minimum absolute atomic E-state index is 0.0741. The number of carbonyl (C=O) groups is 1. The molecule has 0 atom stereocenters. The van der Waals surface area contributed by atoms with Crippen molar-refractivity contribution in [2.45, 2.75) is 13.3 Å². The molecule has 86 valence electrons. The Morgan fingerprint density at radius 2 is 2.19 bits per heavy atom.